The largest absolute Gasteiger partial charge is 0.466 e. The van der Waals surface area contributed by atoms with E-state index in [9.17, 15) is 14.4 Å². The zero-order chi connectivity index (χ0) is 32.2. The molecular weight excluding hydrogens is 568 g/mol. The zero-order valence-corrected chi connectivity index (χ0v) is 26.6. The molecular formula is C36H38N4O5. The summed E-state index contributed by atoms with van der Waals surface area (Å²) in [5.74, 6) is -1.72. The van der Waals surface area contributed by atoms with Crippen molar-refractivity contribution in [2.24, 2.45) is 0 Å². The van der Waals surface area contributed by atoms with Crippen LogP contribution in [0.15, 0.2) is 24.8 Å². The first-order valence-corrected chi connectivity index (χ1v) is 15.5. The van der Waals surface area contributed by atoms with Gasteiger partial charge in [0.15, 0.2) is 0 Å². The Morgan fingerprint density at radius 2 is 1.80 bits per heavy atom. The van der Waals surface area contributed by atoms with Crippen molar-refractivity contribution >= 4 is 57.2 Å². The summed E-state index contributed by atoms with van der Waals surface area (Å²) in [7, 11) is 0. The number of rotatable bonds is 6. The van der Waals surface area contributed by atoms with Gasteiger partial charge in [0, 0.05) is 52.1 Å². The monoisotopic (exact) mass is 606 g/mol. The summed E-state index contributed by atoms with van der Waals surface area (Å²) in [6.07, 6.45) is 3.84. The van der Waals surface area contributed by atoms with E-state index in [0.29, 0.717) is 35.0 Å². The van der Waals surface area contributed by atoms with Gasteiger partial charge in [0.1, 0.15) is 0 Å². The fraction of sp³-hybridized carbons (Fsp3) is 0.361. The Kier molecular flexibility index (Phi) is 7.81. The second kappa shape index (κ2) is 11.6. The van der Waals surface area contributed by atoms with Crippen molar-refractivity contribution in [1.29, 1.82) is 0 Å². The van der Waals surface area contributed by atoms with Gasteiger partial charge >= 0.3 is 17.9 Å². The molecule has 6 heterocycles. The fourth-order valence-electron chi connectivity index (χ4n) is 6.94. The lowest BCUT2D eigenvalue weighted by Gasteiger charge is -2.17. The van der Waals surface area contributed by atoms with Gasteiger partial charge in [0.2, 0.25) is 0 Å². The molecule has 0 fully saturated rings. The van der Waals surface area contributed by atoms with Crippen LogP contribution in [0.5, 0.6) is 0 Å². The highest BCUT2D eigenvalue weighted by atomic mass is 16.6. The number of fused-ring (bicyclic) bond motifs is 8. The standard InChI is InChI=1S/C36H38N4O5/c1-8-22-17(3)26-14-28-19(5)24(11-10-12-44-21(7)41)34(39-28)25-13-32(42)45-36(43)33-20(6)29(40-35(25)33)16-31-23(9-2)18(4)27(38-31)15-30(22)37-26/h8,14-16,19,24,37,40H,1,9-13H2,2-7H3/t19-,24-/m0/s1. The Labute approximate surface area is 261 Å². The van der Waals surface area contributed by atoms with Gasteiger partial charge in [-0.1, -0.05) is 26.5 Å². The predicted octanol–water partition coefficient (Wildman–Crippen LogP) is 7.39. The van der Waals surface area contributed by atoms with E-state index in [-0.39, 0.29) is 30.8 Å². The van der Waals surface area contributed by atoms with Crippen LogP contribution in [-0.4, -0.2) is 44.5 Å². The number of H-pyrrole nitrogens is 2. The second-order valence-corrected chi connectivity index (χ2v) is 12.1. The quantitative estimate of drug-likeness (QED) is 0.170. The lowest BCUT2D eigenvalue weighted by Crippen LogP contribution is -2.13. The number of carbonyl (C=O) groups is 3. The van der Waals surface area contributed by atoms with E-state index >= 15 is 0 Å². The molecule has 2 N–H and O–H groups in total. The van der Waals surface area contributed by atoms with E-state index in [0.717, 1.165) is 68.0 Å². The number of carbonyl (C=O) groups excluding carboxylic acids is 3. The van der Waals surface area contributed by atoms with Gasteiger partial charge in [-0.25, -0.2) is 9.78 Å². The summed E-state index contributed by atoms with van der Waals surface area (Å²) < 4.78 is 10.5. The molecule has 0 aromatic carbocycles. The normalized spacial score (nSPS) is 17.7. The number of hydrogen-bond donors (Lipinski definition) is 2. The van der Waals surface area contributed by atoms with Crippen molar-refractivity contribution in [3.05, 3.63) is 75.4 Å². The van der Waals surface area contributed by atoms with Crippen LogP contribution < -0.4 is 0 Å². The summed E-state index contributed by atoms with van der Waals surface area (Å²) >= 11 is 0. The smallest absolute Gasteiger partial charge is 0.348 e. The summed E-state index contributed by atoms with van der Waals surface area (Å²) in [6.45, 7) is 16.0. The molecule has 0 spiro atoms. The molecule has 9 nitrogen and oxygen atoms in total. The average molecular weight is 607 g/mol. The Hall–Kier alpha value is -4.79. The molecule has 45 heavy (non-hydrogen) atoms. The number of cyclic esters (lactones) is 2. The molecule has 0 amide bonds. The lowest BCUT2D eigenvalue weighted by atomic mass is 9.85. The zero-order valence-electron chi connectivity index (χ0n) is 26.6. The summed E-state index contributed by atoms with van der Waals surface area (Å²) in [5, 5.41) is 0. The SMILES string of the molecule is C=Cc1c(C)c2cc3nc(c4c5[nH]c(cc6nc(cc1[nH]2)C(C)=C6CC)c(C)c5C(=O)OC(=O)C4)[C@@H](CCCOC(C)=O)[C@@H]3C. The van der Waals surface area contributed by atoms with Crippen LogP contribution in [0.25, 0.3) is 39.3 Å². The molecule has 232 valence electrons. The van der Waals surface area contributed by atoms with Gasteiger partial charge in [0.25, 0.3) is 0 Å². The van der Waals surface area contributed by atoms with Gasteiger partial charge in [-0.3, -0.25) is 14.6 Å². The van der Waals surface area contributed by atoms with Crippen LogP contribution in [0.1, 0.15) is 114 Å². The van der Waals surface area contributed by atoms with E-state index in [4.69, 9.17) is 19.4 Å². The summed E-state index contributed by atoms with van der Waals surface area (Å²) in [5.41, 5.74) is 12.3. The maximum absolute atomic E-state index is 13.3. The molecule has 0 saturated heterocycles. The van der Waals surface area contributed by atoms with Crippen molar-refractivity contribution < 1.29 is 23.9 Å². The van der Waals surface area contributed by atoms with Gasteiger partial charge in [-0.05, 0) is 80.5 Å². The van der Waals surface area contributed by atoms with E-state index in [1.54, 1.807) is 0 Å². The highest BCUT2D eigenvalue weighted by Gasteiger charge is 2.35. The molecule has 0 aliphatic carbocycles. The number of ether oxygens (including phenoxy) is 2. The van der Waals surface area contributed by atoms with E-state index in [1.165, 1.54) is 6.92 Å². The first-order chi connectivity index (χ1) is 21.5. The number of hydrogen-bond acceptors (Lipinski definition) is 7. The van der Waals surface area contributed by atoms with E-state index in [2.05, 4.69) is 56.4 Å². The number of esters is 3. The Bertz CT molecular complexity index is 1990. The van der Waals surface area contributed by atoms with Crippen LogP contribution in [0.4, 0.5) is 0 Å². The van der Waals surface area contributed by atoms with Crippen molar-refractivity contribution in [2.75, 3.05) is 6.61 Å². The van der Waals surface area contributed by atoms with Crippen LogP contribution in [0, 0.1) is 13.8 Å². The molecule has 3 aromatic rings. The van der Waals surface area contributed by atoms with Crippen molar-refractivity contribution in [3.8, 4) is 0 Å². The molecule has 3 aliphatic rings. The molecule has 2 atom stereocenters. The minimum atomic E-state index is -0.673. The third kappa shape index (κ3) is 5.20. The van der Waals surface area contributed by atoms with Crippen LogP contribution in [-0.2, 0) is 25.5 Å². The number of nitrogens with zero attached hydrogens (tertiary/aromatic N) is 2. The number of aryl methyl sites for hydroxylation is 2. The second-order valence-electron chi connectivity index (χ2n) is 12.1. The molecule has 3 aromatic heterocycles. The fourth-order valence-corrected chi connectivity index (χ4v) is 6.94. The third-order valence-electron chi connectivity index (χ3n) is 9.43. The van der Waals surface area contributed by atoms with Gasteiger partial charge < -0.3 is 19.4 Å². The Morgan fingerprint density at radius 1 is 1.07 bits per heavy atom. The molecule has 0 radical (unpaired) electrons. The molecule has 3 aliphatic heterocycles. The highest BCUT2D eigenvalue weighted by Crippen LogP contribution is 2.43. The number of nitrogens with one attached hydrogen (secondary N) is 2. The minimum Gasteiger partial charge on any atom is -0.466 e. The van der Waals surface area contributed by atoms with Crippen LogP contribution in [0.2, 0.25) is 0 Å². The minimum absolute atomic E-state index is 0.0171. The maximum Gasteiger partial charge on any atom is 0.348 e. The molecule has 0 unspecified atom stereocenters. The Morgan fingerprint density at radius 3 is 2.51 bits per heavy atom. The Balaban J connectivity index is 1.74. The lowest BCUT2D eigenvalue weighted by molar-refractivity contribution is -0.141. The van der Waals surface area contributed by atoms with E-state index < -0.39 is 11.9 Å². The summed E-state index contributed by atoms with van der Waals surface area (Å²) in [6, 6.07) is 6.11. The van der Waals surface area contributed by atoms with Crippen molar-refractivity contribution in [2.45, 2.75) is 79.1 Å². The number of aromatic nitrogens is 4. The first kappa shape index (κ1) is 30.2. The van der Waals surface area contributed by atoms with Gasteiger partial charge in [-0.15, -0.1) is 0 Å². The van der Waals surface area contributed by atoms with Crippen LogP contribution in [0.3, 0.4) is 0 Å². The van der Waals surface area contributed by atoms with E-state index in [1.807, 2.05) is 19.1 Å². The van der Waals surface area contributed by atoms with Crippen LogP contribution >= 0.6 is 0 Å². The first-order valence-electron chi connectivity index (χ1n) is 15.5. The molecule has 6 rings (SSSR count). The molecule has 9 heteroatoms. The van der Waals surface area contributed by atoms with Crippen molar-refractivity contribution in [1.82, 2.24) is 19.9 Å². The molecule has 0 saturated carbocycles. The third-order valence-corrected chi connectivity index (χ3v) is 9.43. The maximum atomic E-state index is 13.3. The average Bonchev–Trinajstić information content (AvgIpc) is 3.64. The number of aromatic amines is 2. The van der Waals surface area contributed by atoms with Gasteiger partial charge in [-0.2, -0.15) is 0 Å². The number of allylic oxidation sites excluding steroid dienone is 2. The predicted molar refractivity (Wildman–Crippen MR) is 174 cm³/mol. The summed E-state index contributed by atoms with van der Waals surface area (Å²) in [4.78, 5) is 55.1. The highest BCUT2D eigenvalue weighted by molar-refractivity contribution is 6.09. The topological polar surface area (TPSA) is 127 Å². The van der Waals surface area contributed by atoms with Crippen molar-refractivity contribution in [3.63, 3.8) is 0 Å². The van der Waals surface area contributed by atoms with Gasteiger partial charge in [0.05, 0.1) is 41.2 Å². The molecule has 8 bridgehead atoms.